The van der Waals surface area contributed by atoms with Gasteiger partial charge in [-0.15, -0.1) is 0 Å². The Bertz CT molecular complexity index is 652. The number of carbonyl (C=O) groups excluding carboxylic acids is 2. The fourth-order valence-electron chi connectivity index (χ4n) is 4.08. The molecule has 0 amide bonds. The molecule has 1 aromatic carbocycles. The second-order valence-corrected chi connectivity index (χ2v) is 8.56. The topological polar surface area (TPSA) is 52.6 Å². The van der Waals surface area contributed by atoms with Crippen molar-refractivity contribution in [2.45, 2.75) is 85.2 Å². The molecule has 2 rings (SSSR count). The lowest BCUT2D eigenvalue weighted by molar-refractivity contribution is -0.163. The molecular weight excluding hydrogens is 352 g/mol. The van der Waals surface area contributed by atoms with E-state index in [0.29, 0.717) is 12.2 Å². The standard InChI is InChI=1S/C24H36O4/c1-5-6-7-10-15-24(23(26)27-17-18(2)3)16-11-14-21(24)28-22(25)20-13-9-8-12-19(20)4/h8-9,12-13,18,21H,5-7,10-11,14-17H2,1-4H3. The summed E-state index contributed by atoms with van der Waals surface area (Å²) in [6, 6.07) is 7.43. The van der Waals surface area contributed by atoms with E-state index in [0.717, 1.165) is 56.9 Å². The van der Waals surface area contributed by atoms with Crippen LogP contribution >= 0.6 is 0 Å². The average Bonchev–Trinajstić information content (AvgIpc) is 3.07. The molecule has 4 heteroatoms. The number of hydrogen-bond donors (Lipinski definition) is 0. The van der Waals surface area contributed by atoms with Gasteiger partial charge in [-0.2, -0.15) is 0 Å². The normalized spacial score (nSPS) is 21.7. The molecule has 0 aromatic heterocycles. The minimum absolute atomic E-state index is 0.183. The Kier molecular flexibility index (Phi) is 8.53. The maximum atomic E-state index is 13.1. The van der Waals surface area contributed by atoms with Crippen molar-refractivity contribution in [3.63, 3.8) is 0 Å². The van der Waals surface area contributed by atoms with E-state index in [1.54, 1.807) is 6.07 Å². The van der Waals surface area contributed by atoms with Gasteiger partial charge in [0.1, 0.15) is 11.5 Å². The molecule has 0 saturated heterocycles. The SMILES string of the molecule is CCCCCCC1(C(=O)OCC(C)C)CCCC1OC(=O)c1ccccc1C. The highest BCUT2D eigenvalue weighted by Crippen LogP contribution is 2.46. The molecule has 0 N–H and O–H groups in total. The summed E-state index contributed by atoms with van der Waals surface area (Å²) in [5.41, 5.74) is 0.771. The smallest absolute Gasteiger partial charge is 0.338 e. The molecule has 1 fully saturated rings. The van der Waals surface area contributed by atoms with Crippen molar-refractivity contribution >= 4 is 11.9 Å². The summed E-state index contributed by atoms with van der Waals surface area (Å²) in [5, 5.41) is 0. The van der Waals surface area contributed by atoms with Crippen molar-refractivity contribution in [2.75, 3.05) is 6.61 Å². The lowest BCUT2D eigenvalue weighted by Crippen LogP contribution is -2.42. The molecule has 1 aliphatic rings. The van der Waals surface area contributed by atoms with Gasteiger partial charge in [0.25, 0.3) is 0 Å². The summed E-state index contributed by atoms with van der Waals surface area (Å²) in [7, 11) is 0. The lowest BCUT2D eigenvalue weighted by atomic mass is 9.78. The van der Waals surface area contributed by atoms with E-state index in [-0.39, 0.29) is 17.9 Å². The largest absolute Gasteiger partial charge is 0.465 e. The van der Waals surface area contributed by atoms with Gasteiger partial charge in [-0.3, -0.25) is 4.79 Å². The molecule has 28 heavy (non-hydrogen) atoms. The lowest BCUT2D eigenvalue weighted by Gasteiger charge is -2.33. The van der Waals surface area contributed by atoms with Crippen LogP contribution in [0.25, 0.3) is 0 Å². The fourth-order valence-corrected chi connectivity index (χ4v) is 4.08. The number of ether oxygens (including phenoxy) is 2. The molecule has 2 unspecified atom stereocenters. The highest BCUT2D eigenvalue weighted by atomic mass is 16.6. The van der Waals surface area contributed by atoms with Gasteiger partial charge in [-0.1, -0.05) is 64.7 Å². The zero-order valence-corrected chi connectivity index (χ0v) is 18.0. The Morgan fingerprint density at radius 1 is 1.18 bits per heavy atom. The van der Waals surface area contributed by atoms with Gasteiger partial charge < -0.3 is 9.47 Å². The Morgan fingerprint density at radius 3 is 2.61 bits per heavy atom. The van der Waals surface area contributed by atoms with Crippen molar-refractivity contribution < 1.29 is 19.1 Å². The number of benzene rings is 1. The van der Waals surface area contributed by atoms with Crippen molar-refractivity contribution in [1.29, 1.82) is 0 Å². The van der Waals surface area contributed by atoms with Crippen LogP contribution in [0.15, 0.2) is 24.3 Å². The van der Waals surface area contributed by atoms with Gasteiger partial charge in [0, 0.05) is 0 Å². The Hall–Kier alpha value is -1.84. The van der Waals surface area contributed by atoms with Crippen LogP contribution in [0.1, 0.15) is 88.1 Å². The summed E-state index contributed by atoms with van der Waals surface area (Å²) >= 11 is 0. The van der Waals surface area contributed by atoms with Gasteiger partial charge in [0.05, 0.1) is 12.2 Å². The molecule has 0 heterocycles. The highest BCUT2D eigenvalue weighted by Gasteiger charge is 2.52. The number of unbranched alkanes of at least 4 members (excludes halogenated alkanes) is 3. The molecule has 2 atom stereocenters. The third-order valence-corrected chi connectivity index (χ3v) is 5.75. The Morgan fingerprint density at radius 2 is 1.93 bits per heavy atom. The molecule has 1 saturated carbocycles. The summed E-state index contributed by atoms with van der Waals surface area (Å²) in [6.07, 6.45) is 7.04. The van der Waals surface area contributed by atoms with Crippen LogP contribution in [0.2, 0.25) is 0 Å². The summed E-state index contributed by atoms with van der Waals surface area (Å²) in [6.45, 7) is 8.56. The highest BCUT2D eigenvalue weighted by molar-refractivity contribution is 5.91. The van der Waals surface area contributed by atoms with E-state index >= 15 is 0 Å². The molecule has 1 aromatic rings. The van der Waals surface area contributed by atoms with E-state index in [1.807, 2.05) is 39.0 Å². The number of hydrogen-bond acceptors (Lipinski definition) is 4. The molecular formula is C24H36O4. The first-order chi connectivity index (χ1) is 13.4. The predicted octanol–water partition coefficient (Wildman–Crippen LogP) is 5.86. The number of rotatable bonds is 10. The van der Waals surface area contributed by atoms with Gasteiger partial charge in [0.15, 0.2) is 0 Å². The summed E-state index contributed by atoms with van der Waals surface area (Å²) in [4.78, 5) is 25.9. The first-order valence-electron chi connectivity index (χ1n) is 10.8. The van der Waals surface area contributed by atoms with Gasteiger partial charge in [-0.05, 0) is 50.2 Å². The molecule has 4 nitrogen and oxygen atoms in total. The third kappa shape index (κ3) is 5.59. The maximum absolute atomic E-state index is 13.1. The minimum Gasteiger partial charge on any atom is -0.465 e. The summed E-state index contributed by atoms with van der Waals surface area (Å²) < 4.78 is 11.6. The van der Waals surface area contributed by atoms with Crippen LogP contribution in [-0.4, -0.2) is 24.6 Å². The minimum atomic E-state index is -0.693. The zero-order valence-electron chi connectivity index (χ0n) is 18.0. The second kappa shape index (κ2) is 10.6. The molecule has 0 spiro atoms. The van der Waals surface area contributed by atoms with Crippen molar-refractivity contribution in [3.8, 4) is 0 Å². The number of esters is 2. The molecule has 0 aliphatic heterocycles. The Balaban J connectivity index is 2.17. The van der Waals surface area contributed by atoms with E-state index in [1.165, 1.54) is 0 Å². The quantitative estimate of drug-likeness (QED) is 0.372. The van der Waals surface area contributed by atoms with Crippen LogP contribution < -0.4 is 0 Å². The fraction of sp³-hybridized carbons (Fsp3) is 0.667. The monoisotopic (exact) mass is 388 g/mol. The first-order valence-corrected chi connectivity index (χ1v) is 10.8. The van der Waals surface area contributed by atoms with Gasteiger partial charge >= 0.3 is 11.9 Å². The van der Waals surface area contributed by atoms with E-state index in [2.05, 4.69) is 6.92 Å². The van der Waals surface area contributed by atoms with Crippen LogP contribution in [0.5, 0.6) is 0 Å². The molecule has 0 bridgehead atoms. The Labute approximate surface area is 170 Å². The van der Waals surface area contributed by atoms with E-state index in [9.17, 15) is 9.59 Å². The average molecular weight is 389 g/mol. The maximum Gasteiger partial charge on any atom is 0.338 e. The van der Waals surface area contributed by atoms with Crippen molar-refractivity contribution in [2.24, 2.45) is 11.3 Å². The molecule has 0 radical (unpaired) electrons. The van der Waals surface area contributed by atoms with Crippen LogP contribution in [0, 0.1) is 18.3 Å². The first kappa shape index (κ1) is 22.4. The molecule has 1 aliphatic carbocycles. The second-order valence-electron chi connectivity index (χ2n) is 8.56. The van der Waals surface area contributed by atoms with E-state index in [4.69, 9.17) is 9.47 Å². The zero-order chi connectivity index (χ0) is 20.6. The van der Waals surface area contributed by atoms with Crippen LogP contribution in [0.3, 0.4) is 0 Å². The summed E-state index contributed by atoms with van der Waals surface area (Å²) in [5.74, 6) is -0.229. The molecule has 156 valence electrons. The predicted molar refractivity (Wildman–Crippen MR) is 111 cm³/mol. The van der Waals surface area contributed by atoms with Crippen LogP contribution in [0.4, 0.5) is 0 Å². The number of aryl methyl sites for hydroxylation is 1. The van der Waals surface area contributed by atoms with Gasteiger partial charge in [-0.25, -0.2) is 4.79 Å². The van der Waals surface area contributed by atoms with Crippen LogP contribution in [-0.2, 0) is 14.3 Å². The number of carbonyl (C=O) groups is 2. The van der Waals surface area contributed by atoms with Crippen molar-refractivity contribution in [3.05, 3.63) is 35.4 Å². The third-order valence-electron chi connectivity index (χ3n) is 5.75. The van der Waals surface area contributed by atoms with Gasteiger partial charge in [0.2, 0.25) is 0 Å². The van der Waals surface area contributed by atoms with Crippen molar-refractivity contribution in [1.82, 2.24) is 0 Å². The van der Waals surface area contributed by atoms with E-state index < -0.39 is 11.5 Å².